The van der Waals surface area contributed by atoms with Crippen LogP contribution < -0.4 is 21.3 Å². The summed E-state index contributed by atoms with van der Waals surface area (Å²) in [5.74, 6) is -0.563. The molecule has 0 aromatic heterocycles. The van der Waals surface area contributed by atoms with E-state index in [0.29, 0.717) is 25.9 Å². The van der Waals surface area contributed by atoms with Gasteiger partial charge in [-0.1, -0.05) is 102 Å². The van der Waals surface area contributed by atoms with E-state index in [-0.39, 0.29) is 43.7 Å². The van der Waals surface area contributed by atoms with E-state index in [2.05, 4.69) is 42.0 Å². The molecule has 13 nitrogen and oxygen atoms in total. The molecule has 1 saturated carbocycles. The first-order valence-corrected chi connectivity index (χ1v) is 17.2. The number of ketones is 1. The Balaban J connectivity index is 0.000000379. The number of alkyl carbamates (subject to hydrolysis) is 1. The van der Waals surface area contributed by atoms with E-state index < -0.39 is 29.9 Å². The first-order chi connectivity index (χ1) is 23.9. The standard InChI is InChI=1S/C23H27N3O5.C10H16N2O3.C4H10/c1-17-13-26(23(29)31-16-19-10-6-3-7-11-19)14-20(17)25-21(27)12-24-22(28)30-15-18-8-4-2-5-9-18;1-2-3-8(11-6-13)9(14)10(15)12-7-4-5-7;1-4(2)3/h2-11,17,20H,12-16H2,1H3,(H,24,28)(H,25,27);6-8H,2-5H2,1H3,(H,11,13)(H,12,15);4H,1-3H3/t17-,20+;;/m1../s1. The van der Waals surface area contributed by atoms with Crippen molar-refractivity contribution >= 4 is 36.2 Å². The van der Waals surface area contributed by atoms with Crippen LogP contribution in [-0.4, -0.2) is 78.9 Å². The molecule has 0 bridgehead atoms. The van der Waals surface area contributed by atoms with Crippen LogP contribution in [0.25, 0.3) is 0 Å². The van der Waals surface area contributed by atoms with Gasteiger partial charge in [0.15, 0.2) is 0 Å². The molecule has 2 aromatic carbocycles. The molecule has 274 valence electrons. The van der Waals surface area contributed by atoms with E-state index in [0.717, 1.165) is 36.3 Å². The fraction of sp³-hybridized carbons (Fsp3) is 0.514. The molecule has 13 heteroatoms. The number of hydrogen-bond acceptors (Lipinski definition) is 8. The number of Topliss-reactive ketones (excluding diaryl/α,β-unsaturated/α-hetero) is 1. The van der Waals surface area contributed by atoms with Crippen molar-refractivity contribution in [3.8, 4) is 0 Å². The molecule has 1 heterocycles. The lowest BCUT2D eigenvalue weighted by Crippen LogP contribution is -2.45. The van der Waals surface area contributed by atoms with Crippen molar-refractivity contribution in [3.05, 3.63) is 71.8 Å². The van der Waals surface area contributed by atoms with Crippen LogP contribution in [0.1, 0.15) is 71.4 Å². The average Bonchev–Trinajstić information content (AvgIpc) is 3.85. The van der Waals surface area contributed by atoms with Crippen LogP contribution >= 0.6 is 0 Å². The Hall–Kier alpha value is -4.94. The molecule has 1 aliphatic carbocycles. The smallest absolute Gasteiger partial charge is 0.410 e. The molecule has 3 atom stereocenters. The van der Waals surface area contributed by atoms with E-state index >= 15 is 0 Å². The number of nitrogens with zero attached hydrogens (tertiary/aromatic N) is 1. The number of ether oxygens (including phenoxy) is 2. The van der Waals surface area contributed by atoms with Gasteiger partial charge in [-0.15, -0.1) is 0 Å². The van der Waals surface area contributed by atoms with Gasteiger partial charge in [0.1, 0.15) is 19.8 Å². The maximum atomic E-state index is 12.3. The van der Waals surface area contributed by atoms with E-state index in [1.807, 2.05) is 74.5 Å². The first kappa shape index (κ1) is 41.2. The molecule has 2 aliphatic rings. The largest absolute Gasteiger partial charge is 0.445 e. The van der Waals surface area contributed by atoms with Crippen LogP contribution in [0, 0.1) is 11.8 Å². The quantitative estimate of drug-likeness (QED) is 0.169. The minimum Gasteiger partial charge on any atom is -0.445 e. The van der Waals surface area contributed by atoms with Gasteiger partial charge < -0.3 is 35.6 Å². The second kappa shape index (κ2) is 22.6. The molecule has 1 saturated heterocycles. The van der Waals surface area contributed by atoms with Gasteiger partial charge in [-0.2, -0.15) is 0 Å². The Labute approximate surface area is 295 Å². The third-order valence-corrected chi connectivity index (χ3v) is 7.33. The predicted molar refractivity (Wildman–Crippen MR) is 189 cm³/mol. The molecule has 4 rings (SSSR count). The number of likely N-dealkylation sites (tertiary alicyclic amines) is 1. The zero-order chi connectivity index (χ0) is 36.9. The lowest BCUT2D eigenvalue weighted by molar-refractivity contribution is -0.139. The zero-order valence-electron chi connectivity index (χ0n) is 29.8. The number of carbonyl (C=O) groups excluding carboxylic acids is 6. The molecule has 5 amide bonds. The zero-order valence-corrected chi connectivity index (χ0v) is 29.8. The van der Waals surface area contributed by atoms with Crippen molar-refractivity contribution in [1.82, 2.24) is 26.2 Å². The Morgan fingerprint density at radius 2 is 1.42 bits per heavy atom. The van der Waals surface area contributed by atoms with Crippen LogP contribution in [0.4, 0.5) is 9.59 Å². The monoisotopic (exact) mass is 695 g/mol. The second-order valence-corrected chi connectivity index (χ2v) is 13.0. The minimum absolute atomic E-state index is 0.0678. The molecule has 2 aromatic rings. The molecule has 2 fully saturated rings. The Kier molecular flexibility index (Phi) is 18.7. The number of amides is 5. The van der Waals surface area contributed by atoms with Crippen LogP contribution in [0.15, 0.2) is 60.7 Å². The summed E-state index contributed by atoms with van der Waals surface area (Å²) in [6.07, 6.45) is 2.52. The molecule has 1 aliphatic heterocycles. The number of hydrogen-bond donors (Lipinski definition) is 4. The van der Waals surface area contributed by atoms with Crippen LogP contribution in [0.2, 0.25) is 0 Å². The van der Waals surface area contributed by atoms with Gasteiger partial charge in [0.2, 0.25) is 18.1 Å². The molecule has 0 spiro atoms. The summed E-state index contributed by atoms with van der Waals surface area (Å²) in [6, 6.07) is 18.0. The Bertz CT molecular complexity index is 1350. The summed E-state index contributed by atoms with van der Waals surface area (Å²) in [4.78, 5) is 71.0. The Morgan fingerprint density at radius 3 is 1.94 bits per heavy atom. The van der Waals surface area contributed by atoms with E-state index in [4.69, 9.17) is 9.47 Å². The SMILES string of the molecule is CC(C)C.CCCC(NC=O)C(=O)C(=O)NC1CC1.C[C@@H]1CN(C(=O)OCc2ccccc2)C[C@@H]1NC(=O)CNC(=O)OCc1ccccc1. The highest BCUT2D eigenvalue weighted by Crippen LogP contribution is 2.19. The lowest BCUT2D eigenvalue weighted by atomic mass is 10.1. The van der Waals surface area contributed by atoms with Crippen LogP contribution in [-0.2, 0) is 41.9 Å². The van der Waals surface area contributed by atoms with E-state index in [1.54, 1.807) is 4.90 Å². The van der Waals surface area contributed by atoms with Gasteiger partial charge in [0.25, 0.3) is 5.91 Å². The topological polar surface area (TPSA) is 172 Å². The molecule has 1 unspecified atom stereocenters. The maximum absolute atomic E-state index is 12.3. The van der Waals surface area contributed by atoms with Crippen molar-refractivity contribution in [2.45, 2.75) is 91.6 Å². The van der Waals surface area contributed by atoms with Gasteiger partial charge in [-0.25, -0.2) is 9.59 Å². The van der Waals surface area contributed by atoms with Crippen molar-refractivity contribution in [1.29, 1.82) is 0 Å². The van der Waals surface area contributed by atoms with Gasteiger partial charge in [0, 0.05) is 19.1 Å². The lowest BCUT2D eigenvalue weighted by Gasteiger charge is -2.17. The highest BCUT2D eigenvalue weighted by molar-refractivity contribution is 6.38. The van der Waals surface area contributed by atoms with Crippen molar-refractivity contribution in [2.75, 3.05) is 19.6 Å². The van der Waals surface area contributed by atoms with E-state index in [1.165, 1.54) is 0 Å². The van der Waals surface area contributed by atoms with Crippen molar-refractivity contribution in [3.63, 3.8) is 0 Å². The average molecular weight is 696 g/mol. The first-order valence-electron chi connectivity index (χ1n) is 17.2. The third-order valence-electron chi connectivity index (χ3n) is 7.33. The van der Waals surface area contributed by atoms with Crippen LogP contribution in [0.5, 0.6) is 0 Å². The third kappa shape index (κ3) is 16.9. The summed E-state index contributed by atoms with van der Waals surface area (Å²) in [6.45, 7) is 11.3. The summed E-state index contributed by atoms with van der Waals surface area (Å²) in [5.41, 5.74) is 1.78. The van der Waals surface area contributed by atoms with Gasteiger partial charge in [-0.3, -0.25) is 19.2 Å². The number of carbonyl (C=O) groups is 6. The second-order valence-electron chi connectivity index (χ2n) is 13.0. The Morgan fingerprint density at radius 1 is 0.860 bits per heavy atom. The molecule has 50 heavy (non-hydrogen) atoms. The number of benzene rings is 2. The van der Waals surface area contributed by atoms with Crippen LogP contribution in [0.3, 0.4) is 0 Å². The fourth-order valence-corrected chi connectivity index (χ4v) is 4.60. The molecule has 4 N–H and O–H groups in total. The number of rotatable bonds is 14. The van der Waals surface area contributed by atoms with Gasteiger partial charge in [0.05, 0.1) is 12.1 Å². The molecular weight excluding hydrogens is 642 g/mol. The van der Waals surface area contributed by atoms with Crippen molar-refractivity contribution in [2.24, 2.45) is 11.8 Å². The molecular formula is C37H53N5O8. The summed E-state index contributed by atoms with van der Waals surface area (Å²) in [7, 11) is 0. The summed E-state index contributed by atoms with van der Waals surface area (Å²) >= 11 is 0. The summed E-state index contributed by atoms with van der Waals surface area (Å²) < 4.78 is 10.4. The van der Waals surface area contributed by atoms with Crippen molar-refractivity contribution < 1.29 is 38.2 Å². The highest BCUT2D eigenvalue weighted by atomic mass is 16.6. The number of nitrogens with one attached hydrogen (secondary N) is 4. The summed E-state index contributed by atoms with van der Waals surface area (Å²) in [5, 5.41) is 10.3. The van der Waals surface area contributed by atoms with E-state index in [9.17, 15) is 28.8 Å². The highest BCUT2D eigenvalue weighted by Gasteiger charge is 2.34. The normalized spacial score (nSPS) is 16.6. The fourth-order valence-electron chi connectivity index (χ4n) is 4.60. The maximum Gasteiger partial charge on any atom is 0.410 e. The predicted octanol–water partition coefficient (Wildman–Crippen LogP) is 4.10. The van der Waals surface area contributed by atoms with Gasteiger partial charge >= 0.3 is 12.2 Å². The minimum atomic E-state index is -0.675. The molecule has 0 radical (unpaired) electrons. The van der Waals surface area contributed by atoms with Gasteiger partial charge in [-0.05, 0) is 42.2 Å².